The van der Waals surface area contributed by atoms with Gasteiger partial charge in [0, 0.05) is 30.9 Å². The Morgan fingerprint density at radius 1 is 1.03 bits per heavy atom. The van der Waals surface area contributed by atoms with Gasteiger partial charge in [0.15, 0.2) is 0 Å². The number of fused-ring (bicyclic) bond motifs is 1. The molecular weight excluding hydrogens is 372 g/mol. The minimum Gasteiger partial charge on any atom is -0.497 e. The minimum absolute atomic E-state index is 0.0117. The van der Waals surface area contributed by atoms with Crippen molar-refractivity contribution in [1.82, 2.24) is 0 Å². The highest BCUT2D eigenvalue weighted by Crippen LogP contribution is 2.42. The summed E-state index contributed by atoms with van der Waals surface area (Å²) >= 11 is 0. The zero-order valence-electron chi connectivity index (χ0n) is 17.8. The van der Waals surface area contributed by atoms with Crippen molar-refractivity contribution in [2.24, 2.45) is 0 Å². The average Bonchev–Trinajstić information content (AvgIpc) is 2.77. The topological polar surface area (TPSA) is 32.8 Å². The predicted octanol–water partition coefficient (Wildman–Crippen LogP) is 5.59. The maximum Gasteiger partial charge on any atom is 0.224 e. The molecule has 3 aromatic rings. The van der Waals surface area contributed by atoms with Crippen LogP contribution in [0.4, 0.5) is 11.4 Å². The normalized spacial score (nSPS) is 17.9. The van der Waals surface area contributed by atoms with Crippen LogP contribution in [0.1, 0.15) is 37.4 Å². The lowest BCUT2D eigenvalue weighted by Crippen LogP contribution is -2.44. The van der Waals surface area contributed by atoms with E-state index in [-0.39, 0.29) is 18.0 Å². The molecule has 30 heavy (non-hydrogen) atoms. The molecule has 0 aromatic heterocycles. The van der Waals surface area contributed by atoms with Crippen molar-refractivity contribution >= 4 is 17.3 Å². The second-order valence-electron chi connectivity index (χ2n) is 7.86. The van der Waals surface area contributed by atoms with Gasteiger partial charge in [-0.05, 0) is 54.8 Å². The molecule has 0 saturated carbocycles. The van der Waals surface area contributed by atoms with Gasteiger partial charge in [-0.15, -0.1) is 0 Å². The number of rotatable bonds is 5. The molecule has 3 aromatic carbocycles. The summed E-state index contributed by atoms with van der Waals surface area (Å²) in [6.45, 7) is 4.70. The number of carbonyl (C=O) groups excluding carboxylic acids is 1. The quantitative estimate of drug-likeness (QED) is 0.560. The number of para-hydroxylation sites is 2. The Labute approximate surface area is 178 Å². The van der Waals surface area contributed by atoms with E-state index in [1.165, 1.54) is 16.8 Å². The molecule has 0 bridgehead atoms. The molecule has 1 unspecified atom stereocenters. The molecule has 0 saturated heterocycles. The molecule has 1 heterocycles. The first-order valence-electron chi connectivity index (χ1n) is 10.4. The van der Waals surface area contributed by atoms with Gasteiger partial charge in [-0.3, -0.25) is 4.79 Å². The summed E-state index contributed by atoms with van der Waals surface area (Å²) in [6, 6.07) is 27.0. The first-order valence-corrected chi connectivity index (χ1v) is 10.4. The Hall–Kier alpha value is -3.27. The maximum absolute atomic E-state index is 12.7. The molecule has 4 rings (SSSR count). The van der Waals surface area contributed by atoms with Gasteiger partial charge in [0.1, 0.15) is 5.75 Å². The lowest BCUT2D eigenvalue weighted by molar-refractivity contribution is -0.117. The van der Waals surface area contributed by atoms with Gasteiger partial charge in [-0.25, -0.2) is 0 Å². The Morgan fingerprint density at radius 2 is 1.77 bits per heavy atom. The predicted molar refractivity (Wildman–Crippen MR) is 122 cm³/mol. The number of nitrogens with zero attached hydrogens (tertiary/aromatic N) is 2. The third-order valence-corrected chi connectivity index (χ3v) is 5.87. The number of benzene rings is 3. The van der Waals surface area contributed by atoms with Crippen LogP contribution < -0.4 is 14.5 Å². The Morgan fingerprint density at radius 3 is 2.50 bits per heavy atom. The lowest BCUT2D eigenvalue weighted by atomic mass is 9.89. The fraction of sp³-hybridized carbons (Fsp3) is 0.269. The van der Waals surface area contributed by atoms with Gasteiger partial charge < -0.3 is 14.5 Å². The molecule has 154 valence electrons. The van der Waals surface area contributed by atoms with Crippen molar-refractivity contribution in [3.63, 3.8) is 0 Å². The van der Waals surface area contributed by atoms with Crippen LogP contribution in [0.2, 0.25) is 0 Å². The van der Waals surface area contributed by atoms with Gasteiger partial charge in [-0.1, -0.05) is 48.5 Å². The maximum atomic E-state index is 12.7. The van der Waals surface area contributed by atoms with Gasteiger partial charge in [0.2, 0.25) is 5.91 Å². The molecule has 1 amide bonds. The summed E-state index contributed by atoms with van der Waals surface area (Å²) in [7, 11) is 1.70. The summed E-state index contributed by atoms with van der Waals surface area (Å²) in [4.78, 5) is 17.1. The number of amides is 1. The van der Waals surface area contributed by atoms with Crippen LogP contribution >= 0.6 is 0 Å². The highest BCUT2D eigenvalue weighted by molar-refractivity contribution is 5.92. The van der Waals surface area contributed by atoms with Crippen molar-refractivity contribution in [1.29, 1.82) is 0 Å². The number of hydrogen-bond donors (Lipinski definition) is 0. The Bertz CT molecular complexity index is 1020. The van der Waals surface area contributed by atoms with E-state index in [2.05, 4.69) is 48.2 Å². The van der Waals surface area contributed by atoms with Crippen LogP contribution in [0.25, 0.3) is 0 Å². The minimum atomic E-state index is 0.0117. The summed E-state index contributed by atoms with van der Waals surface area (Å²) in [6.07, 6.45) is 0.870. The second-order valence-corrected chi connectivity index (χ2v) is 7.86. The zero-order valence-corrected chi connectivity index (χ0v) is 17.8. The number of hydrogen-bond acceptors (Lipinski definition) is 3. The van der Waals surface area contributed by atoms with Crippen molar-refractivity contribution < 1.29 is 9.53 Å². The molecule has 1 aliphatic rings. The highest BCUT2D eigenvalue weighted by Gasteiger charge is 2.35. The van der Waals surface area contributed by atoms with Crippen molar-refractivity contribution in [3.8, 4) is 5.75 Å². The van der Waals surface area contributed by atoms with Crippen molar-refractivity contribution in [3.05, 3.63) is 90.0 Å². The van der Waals surface area contributed by atoms with Crippen LogP contribution in [0, 0.1) is 0 Å². The van der Waals surface area contributed by atoms with Crippen LogP contribution in [0.3, 0.4) is 0 Å². The van der Waals surface area contributed by atoms with Gasteiger partial charge >= 0.3 is 0 Å². The van der Waals surface area contributed by atoms with Crippen LogP contribution in [-0.2, 0) is 11.3 Å². The van der Waals surface area contributed by atoms with Crippen molar-refractivity contribution in [2.45, 2.75) is 38.9 Å². The summed E-state index contributed by atoms with van der Waals surface area (Å²) in [5, 5.41) is 0. The molecule has 0 aliphatic carbocycles. The fourth-order valence-corrected chi connectivity index (χ4v) is 4.47. The van der Waals surface area contributed by atoms with E-state index >= 15 is 0 Å². The first-order chi connectivity index (χ1) is 14.6. The number of methoxy groups -OCH3 is 1. The highest BCUT2D eigenvalue weighted by atomic mass is 16.5. The standard InChI is InChI=1S/C26H28N2O2/c1-19-16-26(28(20(2)29)22-11-5-4-6-12-22)24-14-7-8-15-25(24)27(19)18-21-10-9-13-23(17-21)30-3/h4-15,17,19,26H,16,18H2,1-3H3/t19?,26-/m0/s1. The SMILES string of the molecule is COc1cccc(CN2c3ccccc3[C@@H](N(C(C)=O)c3ccccc3)CC2C)c1. The molecular formula is C26H28N2O2. The number of anilines is 2. The van der Waals surface area contributed by atoms with E-state index in [4.69, 9.17) is 4.74 Å². The van der Waals surface area contributed by atoms with Crippen molar-refractivity contribution in [2.75, 3.05) is 16.9 Å². The number of carbonyl (C=O) groups is 1. The molecule has 1 aliphatic heterocycles. The number of ether oxygens (including phenoxy) is 1. The first kappa shape index (κ1) is 20.0. The zero-order chi connectivity index (χ0) is 21.1. The fourth-order valence-electron chi connectivity index (χ4n) is 4.47. The van der Waals surface area contributed by atoms with E-state index in [0.717, 1.165) is 24.4 Å². The Kier molecular flexibility index (Phi) is 5.75. The molecule has 0 spiro atoms. The molecule has 0 fully saturated rings. The summed E-state index contributed by atoms with van der Waals surface area (Å²) < 4.78 is 5.40. The van der Waals surface area contributed by atoms with Crippen LogP contribution in [0.5, 0.6) is 5.75 Å². The van der Waals surface area contributed by atoms with Gasteiger partial charge in [0.05, 0.1) is 13.2 Å². The molecule has 2 atom stereocenters. The third-order valence-electron chi connectivity index (χ3n) is 5.87. The van der Waals surface area contributed by atoms with Gasteiger partial charge in [-0.2, -0.15) is 0 Å². The van der Waals surface area contributed by atoms with Crippen LogP contribution in [0.15, 0.2) is 78.9 Å². The summed E-state index contributed by atoms with van der Waals surface area (Å²) in [5.41, 5.74) is 4.53. The molecule has 0 radical (unpaired) electrons. The Balaban J connectivity index is 1.72. The van der Waals surface area contributed by atoms with E-state index in [1.807, 2.05) is 47.4 Å². The van der Waals surface area contributed by atoms with E-state index in [1.54, 1.807) is 14.0 Å². The summed E-state index contributed by atoms with van der Waals surface area (Å²) in [5.74, 6) is 0.935. The molecule has 4 nitrogen and oxygen atoms in total. The molecule has 4 heteroatoms. The van der Waals surface area contributed by atoms with Crippen LogP contribution in [-0.4, -0.2) is 19.1 Å². The van der Waals surface area contributed by atoms with Gasteiger partial charge in [0.25, 0.3) is 0 Å². The molecule has 0 N–H and O–H groups in total. The monoisotopic (exact) mass is 400 g/mol. The second kappa shape index (κ2) is 8.62. The van der Waals surface area contributed by atoms with E-state index in [9.17, 15) is 4.79 Å². The lowest BCUT2D eigenvalue weighted by Gasteiger charge is -2.44. The third kappa shape index (κ3) is 3.90. The largest absolute Gasteiger partial charge is 0.497 e. The van der Waals surface area contributed by atoms with E-state index in [0.29, 0.717) is 0 Å². The van der Waals surface area contributed by atoms with E-state index < -0.39 is 0 Å². The average molecular weight is 401 g/mol. The smallest absolute Gasteiger partial charge is 0.224 e.